The number of rotatable bonds is 4. The van der Waals surface area contributed by atoms with Gasteiger partial charge >= 0.3 is 0 Å². The van der Waals surface area contributed by atoms with Crippen molar-refractivity contribution in [1.29, 1.82) is 5.26 Å². The van der Waals surface area contributed by atoms with Gasteiger partial charge in [0.05, 0.1) is 25.0 Å². The SMILES string of the molecule is C1CC1.N#Cc1ccc(-c2cnn(CCO)c2)c(-c2ccn3ccnc3c2)n1. The smallest absolute Gasteiger partial charge is 0.141 e. The molecule has 1 N–H and O–H groups in total. The summed E-state index contributed by atoms with van der Waals surface area (Å²) in [6, 6.07) is 9.53. The molecule has 7 nitrogen and oxygen atoms in total. The first-order chi connectivity index (χ1) is 13.8. The second-order valence-corrected chi connectivity index (χ2v) is 6.59. The predicted octanol–water partition coefficient (Wildman–Crippen LogP) is 3.29. The van der Waals surface area contributed by atoms with Crippen LogP contribution in [-0.4, -0.2) is 35.9 Å². The Bertz CT molecular complexity index is 1130. The molecule has 1 saturated carbocycles. The molecule has 0 radical (unpaired) electrons. The maximum absolute atomic E-state index is 9.21. The number of nitrogens with zero attached hydrogens (tertiary/aromatic N) is 6. The minimum atomic E-state index is 0.0240. The van der Waals surface area contributed by atoms with E-state index < -0.39 is 0 Å². The number of fused-ring (bicyclic) bond motifs is 1. The maximum atomic E-state index is 9.21. The van der Waals surface area contributed by atoms with Crippen LogP contribution >= 0.6 is 0 Å². The summed E-state index contributed by atoms with van der Waals surface area (Å²) in [6.07, 6.45) is 13.6. The fourth-order valence-electron chi connectivity index (χ4n) is 2.76. The van der Waals surface area contributed by atoms with Crippen molar-refractivity contribution < 1.29 is 5.11 Å². The highest BCUT2D eigenvalue weighted by Gasteiger charge is 2.13. The van der Waals surface area contributed by atoms with E-state index in [-0.39, 0.29) is 6.61 Å². The monoisotopic (exact) mass is 372 g/mol. The van der Waals surface area contributed by atoms with E-state index >= 15 is 0 Å². The van der Waals surface area contributed by atoms with Crippen LogP contribution in [0, 0.1) is 11.3 Å². The third-order valence-corrected chi connectivity index (χ3v) is 4.31. The Morgan fingerprint density at radius 2 is 1.96 bits per heavy atom. The number of aromatic nitrogens is 5. The predicted molar refractivity (Wildman–Crippen MR) is 105 cm³/mol. The number of hydrogen-bond acceptors (Lipinski definition) is 5. The Labute approximate surface area is 162 Å². The van der Waals surface area contributed by atoms with Gasteiger partial charge < -0.3 is 9.51 Å². The Hall–Kier alpha value is -3.50. The highest BCUT2D eigenvalue weighted by Crippen LogP contribution is 2.31. The Morgan fingerprint density at radius 3 is 2.71 bits per heavy atom. The van der Waals surface area contributed by atoms with Crippen molar-refractivity contribution in [2.45, 2.75) is 25.8 Å². The highest BCUT2D eigenvalue weighted by molar-refractivity contribution is 5.81. The topological polar surface area (TPSA) is 92.0 Å². The van der Waals surface area contributed by atoms with E-state index in [0.29, 0.717) is 17.9 Å². The minimum Gasteiger partial charge on any atom is -0.394 e. The van der Waals surface area contributed by atoms with Crippen LogP contribution in [0.3, 0.4) is 0 Å². The van der Waals surface area contributed by atoms with Crippen molar-refractivity contribution in [3.8, 4) is 28.5 Å². The van der Waals surface area contributed by atoms with E-state index in [4.69, 9.17) is 5.11 Å². The zero-order chi connectivity index (χ0) is 19.3. The van der Waals surface area contributed by atoms with Crippen molar-refractivity contribution >= 4 is 5.65 Å². The van der Waals surface area contributed by atoms with Gasteiger partial charge in [-0.15, -0.1) is 0 Å². The van der Waals surface area contributed by atoms with Crippen LogP contribution < -0.4 is 0 Å². The first kappa shape index (κ1) is 17.9. The van der Waals surface area contributed by atoms with E-state index in [0.717, 1.165) is 22.3 Å². The number of imidazole rings is 1. The summed E-state index contributed by atoms with van der Waals surface area (Å²) < 4.78 is 3.59. The van der Waals surface area contributed by atoms with Crippen molar-refractivity contribution in [2.75, 3.05) is 6.61 Å². The summed E-state index contributed by atoms with van der Waals surface area (Å²) in [4.78, 5) is 8.80. The lowest BCUT2D eigenvalue weighted by molar-refractivity contribution is 0.269. The fourth-order valence-corrected chi connectivity index (χ4v) is 2.76. The molecule has 4 aromatic rings. The molecule has 1 aliphatic rings. The van der Waals surface area contributed by atoms with Crippen molar-refractivity contribution in [1.82, 2.24) is 24.1 Å². The Kier molecular flexibility index (Phi) is 5.13. The van der Waals surface area contributed by atoms with E-state index in [9.17, 15) is 5.26 Å². The van der Waals surface area contributed by atoms with Crippen LogP contribution in [0.25, 0.3) is 28.0 Å². The molecule has 5 rings (SSSR count). The van der Waals surface area contributed by atoms with Crippen LogP contribution in [0.1, 0.15) is 25.0 Å². The number of hydrogen-bond donors (Lipinski definition) is 1. The second kappa shape index (κ2) is 8.03. The molecule has 0 atom stereocenters. The number of nitriles is 1. The number of aliphatic hydroxyl groups excluding tert-OH is 1. The molecular formula is C21H20N6O. The van der Waals surface area contributed by atoms with Crippen LogP contribution in [0.15, 0.2) is 55.2 Å². The van der Waals surface area contributed by atoms with Gasteiger partial charge in [-0.25, -0.2) is 9.97 Å². The lowest BCUT2D eigenvalue weighted by Crippen LogP contribution is -2.01. The zero-order valence-corrected chi connectivity index (χ0v) is 15.4. The molecule has 4 heterocycles. The Balaban J connectivity index is 0.000000586. The molecule has 140 valence electrons. The van der Waals surface area contributed by atoms with Gasteiger partial charge in [0.15, 0.2) is 0 Å². The molecule has 0 spiro atoms. The lowest BCUT2D eigenvalue weighted by Gasteiger charge is -2.08. The van der Waals surface area contributed by atoms with Crippen LogP contribution in [0.4, 0.5) is 0 Å². The first-order valence-corrected chi connectivity index (χ1v) is 9.26. The average Bonchev–Trinajstić information content (AvgIpc) is 3.42. The van der Waals surface area contributed by atoms with Gasteiger partial charge in [-0.1, -0.05) is 19.3 Å². The minimum absolute atomic E-state index is 0.0240. The molecule has 1 aliphatic carbocycles. The van der Waals surface area contributed by atoms with Crippen molar-refractivity contribution in [3.63, 3.8) is 0 Å². The molecule has 1 fully saturated rings. The maximum Gasteiger partial charge on any atom is 0.141 e. The number of pyridine rings is 2. The molecule has 0 aliphatic heterocycles. The number of aliphatic hydroxyl groups is 1. The first-order valence-electron chi connectivity index (χ1n) is 9.26. The summed E-state index contributed by atoms with van der Waals surface area (Å²) >= 11 is 0. The summed E-state index contributed by atoms with van der Waals surface area (Å²) in [5.41, 5.74) is 4.49. The lowest BCUT2D eigenvalue weighted by atomic mass is 10.0. The molecule has 4 aromatic heterocycles. The second-order valence-electron chi connectivity index (χ2n) is 6.59. The van der Waals surface area contributed by atoms with E-state index in [1.165, 1.54) is 19.3 Å². The van der Waals surface area contributed by atoms with Crippen LogP contribution in [0.5, 0.6) is 0 Å². The third-order valence-electron chi connectivity index (χ3n) is 4.31. The van der Waals surface area contributed by atoms with Crippen LogP contribution in [0.2, 0.25) is 0 Å². The molecule has 0 saturated heterocycles. The van der Waals surface area contributed by atoms with Crippen molar-refractivity contribution in [3.05, 3.63) is 60.9 Å². The van der Waals surface area contributed by atoms with E-state index in [1.54, 1.807) is 23.1 Å². The summed E-state index contributed by atoms with van der Waals surface area (Å²) in [6.45, 7) is 0.454. The Morgan fingerprint density at radius 1 is 1.11 bits per heavy atom. The average molecular weight is 372 g/mol. The molecule has 28 heavy (non-hydrogen) atoms. The van der Waals surface area contributed by atoms with Gasteiger partial charge in [0.1, 0.15) is 17.4 Å². The van der Waals surface area contributed by atoms with Gasteiger partial charge in [0.2, 0.25) is 0 Å². The van der Waals surface area contributed by atoms with Gasteiger partial charge in [-0.2, -0.15) is 10.4 Å². The quantitative estimate of drug-likeness (QED) is 0.593. The largest absolute Gasteiger partial charge is 0.394 e. The van der Waals surface area contributed by atoms with Gasteiger partial charge in [0.25, 0.3) is 0 Å². The molecule has 7 heteroatoms. The highest BCUT2D eigenvalue weighted by atomic mass is 16.3. The fraction of sp³-hybridized carbons (Fsp3) is 0.238. The molecule has 0 unspecified atom stereocenters. The normalized spacial score (nSPS) is 12.3. The van der Waals surface area contributed by atoms with E-state index in [2.05, 4.69) is 21.1 Å². The molecule has 0 aromatic carbocycles. The molecule has 0 amide bonds. The third kappa shape index (κ3) is 3.92. The van der Waals surface area contributed by atoms with Gasteiger partial charge in [-0.3, -0.25) is 4.68 Å². The standard InChI is InChI=1S/C18H14N6O.C3H6/c19-10-15-1-2-16(14-11-21-24(12-14)7-8-25)18(22-15)13-3-5-23-6-4-20-17(23)9-13;1-2-3-1/h1-6,9,11-12,25H,7-8H2;1-3H2. The summed E-state index contributed by atoms with van der Waals surface area (Å²) in [5, 5.41) is 22.5. The summed E-state index contributed by atoms with van der Waals surface area (Å²) in [7, 11) is 0. The van der Waals surface area contributed by atoms with E-state index in [1.807, 2.05) is 41.2 Å². The van der Waals surface area contributed by atoms with Gasteiger partial charge in [0, 0.05) is 41.5 Å². The van der Waals surface area contributed by atoms with Crippen LogP contribution in [-0.2, 0) is 6.54 Å². The summed E-state index contributed by atoms with van der Waals surface area (Å²) in [5.74, 6) is 0. The molecular weight excluding hydrogens is 352 g/mol. The molecule has 0 bridgehead atoms. The zero-order valence-electron chi connectivity index (χ0n) is 15.4. The van der Waals surface area contributed by atoms with Crippen molar-refractivity contribution in [2.24, 2.45) is 0 Å². The van der Waals surface area contributed by atoms with Gasteiger partial charge in [-0.05, 0) is 24.3 Å².